The van der Waals surface area contributed by atoms with Crippen LogP contribution in [-0.2, 0) is 11.3 Å². The number of rotatable bonds is 5. The van der Waals surface area contributed by atoms with E-state index in [9.17, 15) is 9.59 Å². The van der Waals surface area contributed by atoms with Gasteiger partial charge in [-0.2, -0.15) is 0 Å². The zero-order valence-electron chi connectivity index (χ0n) is 16.1. The van der Waals surface area contributed by atoms with Crippen LogP contribution in [-0.4, -0.2) is 34.8 Å². The Kier molecular flexibility index (Phi) is 5.66. The fourth-order valence-electron chi connectivity index (χ4n) is 3.86. The van der Waals surface area contributed by atoms with Crippen LogP contribution in [0.1, 0.15) is 27.4 Å². The highest BCUT2D eigenvalue weighted by Crippen LogP contribution is 2.33. The molecule has 146 valence electrons. The van der Waals surface area contributed by atoms with E-state index in [1.807, 2.05) is 72.8 Å². The summed E-state index contributed by atoms with van der Waals surface area (Å²) in [7, 11) is 0. The van der Waals surface area contributed by atoms with Gasteiger partial charge in [0.2, 0.25) is 5.91 Å². The van der Waals surface area contributed by atoms with Crippen LogP contribution in [0, 0.1) is 5.92 Å². The number of aromatic nitrogens is 1. The van der Waals surface area contributed by atoms with Crippen LogP contribution < -0.4 is 5.32 Å². The van der Waals surface area contributed by atoms with Gasteiger partial charge >= 0.3 is 0 Å². The number of carbonyl (C=O) groups excluding carboxylic acids is 2. The van der Waals surface area contributed by atoms with Gasteiger partial charge in [-0.1, -0.05) is 54.6 Å². The number of likely N-dealkylation sites (tertiary alicyclic amines) is 1. The maximum absolute atomic E-state index is 13.0. The lowest BCUT2D eigenvalue weighted by Crippen LogP contribution is -2.35. The van der Waals surface area contributed by atoms with Crippen LogP contribution in [0.25, 0.3) is 0 Å². The molecule has 2 amide bonds. The molecule has 2 aromatic carbocycles. The second kappa shape index (κ2) is 8.69. The Balaban J connectivity index is 1.52. The SMILES string of the molecule is O=C(NCc1cccnc1)C1CN(C(=O)c2ccccc2)CC1c1ccccc1. The minimum Gasteiger partial charge on any atom is -0.352 e. The van der Waals surface area contributed by atoms with Gasteiger partial charge in [0.1, 0.15) is 0 Å². The van der Waals surface area contributed by atoms with Gasteiger partial charge in [-0.25, -0.2) is 0 Å². The second-order valence-electron chi connectivity index (χ2n) is 7.28. The zero-order chi connectivity index (χ0) is 20.1. The summed E-state index contributed by atoms with van der Waals surface area (Å²) in [6, 6.07) is 23.0. The van der Waals surface area contributed by atoms with Crippen LogP contribution >= 0.6 is 0 Å². The highest BCUT2D eigenvalue weighted by molar-refractivity contribution is 5.95. The molecule has 5 nitrogen and oxygen atoms in total. The smallest absolute Gasteiger partial charge is 0.253 e. The molecule has 2 unspecified atom stereocenters. The molecule has 0 bridgehead atoms. The van der Waals surface area contributed by atoms with Gasteiger partial charge in [-0.15, -0.1) is 0 Å². The molecule has 1 saturated heterocycles. The Morgan fingerprint density at radius 1 is 0.931 bits per heavy atom. The summed E-state index contributed by atoms with van der Waals surface area (Å²) >= 11 is 0. The molecule has 0 saturated carbocycles. The van der Waals surface area contributed by atoms with Gasteiger partial charge in [0.05, 0.1) is 5.92 Å². The fraction of sp³-hybridized carbons (Fsp3) is 0.208. The quantitative estimate of drug-likeness (QED) is 0.733. The molecule has 1 aliphatic rings. The molecule has 5 heteroatoms. The third kappa shape index (κ3) is 4.35. The number of carbonyl (C=O) groups is 2. The lowest BCUT2D eigenvalue weighted by atomic mass is 9.88. The molecule has 1 aliphatic heterocycles. The number of nitrogens with zero attached hydrogens (tertiary/aromatic N) is 2. The normalized spacial score (nSPS) is 18.4. The van der Waals surface area contributed by atoms with Gasteiger partial charge in [0, 0.05) is 43.5 Å². The van der Waals surface area contributed by atoms with Crippen molar-refractivity contribution >= 4 is 11.8 Å². The van der Waals surface area contributed by atoms with Crippen molar-refractivity contribution in [3.05, 3.63) is 102 Å². The average molecular weight is 385 g/mol. The predicted molar refractivity (Wildman–Crippen MR) is 111 cm³/mol. The predicted octanol–water partition coefficient (Wildman–Crippen LogP) is 3.25. The molecule has 3 aromatic rings. The average Bonchev–Trinajstić information content (AvgIpc) is 3.24. The van der Waals surface area contributed by atoms with Crippen molar-refractivity contribution in [3.63, 3.8) is 0 Å². The number of nitrogens with one attached hydrogen (secondary N) is 1. The third-order valence-electron chi connectivity index (χ3n) is 5.38. The first kappa shape index (κ1) is 18.9. The molecule has 1 aromatic heterocycles. The van der Waals surface area contributed by atoms with Crippen LogP contribution in [0.3, 0.4) is 0 Å². The largest absolute Gasteiger partial charge is 0.352 e. The molecule has 0 spiro atoms. The summed E-state index contributed by atoms with van der Waals surface area (Å²) < 4.78 is 0. The van der Waals surface area contributed by atoms with Crippen molar-refractivity contribution in [2.45, 2.75) is 12.5 Å². The van der Waals surface area contributed by atoms with E-state index >= 15 is 0 Å². The summed E-state index contributed by atoms with van der Waals surface area (Å²) in [5, 5.41) is 3.02. The van der Waals surface area contributed by atoms with E-state index in [4.69, 9.17) is 0 Å². The number of pyridine rings is 1. The molecule has 0 aliphatic carbocycles. The first-order valence-corrected chi connectivity index (χ1v) is 9.78. The standard InChI is InChI=1S/C24H23N3O2/c28-23(26-15-18-8-7-13-25-14-18)22-17-27(24(29)20-11-5-2-6-12-20)16-21(22)19-9-3-1-4-10-19/h1-14,21-22H,15-17H2,(H,26,28). The van der Waals surface area contributed by atoms with Crippen LogP contribution in [0.2, 0.25) is 0 Å². The highest BCUT2D eigenvalue weighted by atomic mass is 16.2. The van der Waals surface area contributed by atoms with Crippen molar-refractivity contribution in [3.8, 4) is 0 Å². The summed E-state index contributed by atoms with van der Waals surface area (Å²) in [5.41, 5.74) is 2.68. The van der Waals surface area contributed by atoms with E-state index in [1.165, 1.54) is 0 Å². The van der Waals surface area contributed by atoms with Crippen LogP contribution in [0.4, 0.5) is 0 Å². The summed E-state index contributed by atoms with van der Waals surface area (Å²) in [5.74, 6) is -0.389. The monoisotopic (exact) mass is 385 g/mol. The molecule has 0 radical (unpaired) electrons. The van der Waals surface area contributed by atoms with Crippen molar-refractivity contribution in [1.29, 1.82) is 0 Å². The Hall–Kier alpha value is -3.47. The Morgan fingerprint density at radius 2 is 1.66 bits per heavy atom. The van der Waals surface area contributed by atoms with Crippen molar-refractivity contribution in [2.75, 3.05) is 13.1 Å². The van der Waals surface area contributed by atoms with Crippen LogP contribution in [0.15, 0.2) is 85.2 Å². The van der Waals surface area contributed by atoms with Crippen molar-refractivity contribution in [1.82, 2.24) is 15.2 Å². The lowest BCUT2D eigenvalue weighted by molar-refractivity contribution is -0.125. The number of benzene rings is 2. The summed E-state index contributed by atoms with van der Waals surface area (Å²) in [4.78, 5) is 31.9. The first-order chi connectivity index (χ1) is 14.2. The lowest BCUT2D eigenvalue weighted by Gasteiger charge is -2.18. The molecular formula is C24H23N3O2. The van der Waals surface area contributed by atoms with E-state index < -0.39 is 0 Å². The number of hydrogen-bond acceptors (Lipinski definition) is 3. The van der Waals surface area contributed by atoms with Crippen molar-refractivity contribution < 1.29 is 9.59 Å². The Morgan fingerprint density at radius 3 is 2.34 bits per heavy atom. The third-order valence-corrected chi connectivity index (χ3v) is 5.38. The second-order valence-corrected chi connectivity index (χ2v) is 7.28. The van der Waals surface area contributed by atoms with E-state index in [2.05, 4.69) is 10.3 Å². The molecule has 29 heavy (non-hydrogen) atoms. The minimum atomic E-state index is -0.290. The van der Waals surface area contributed by atoms with E-state index in [-0.39, 0.29) is 23.7 Å². The molecule has 4 rings (SSSR count). The van der Waals surface area contributed by atoms with Gasteiger partial charge in [-0.05, 0) is 29.3 Å². The molecule has 1 N–H and O–H groups in total. The van der Waals surface area contributed by atoms with Gasteiger partial charge in [0.25, 0.3) is 5.91 Å². The topological polar surface area (TPSA) is 62.3 Å². The van der Waals surface area contributed by atoms with Crippen molar-refractivity contribution in [2.24, 2.45) is 5.92 Å². The Bertz CT molecular complexity index is 961. The maximum Gasteiger partial charge on any atom is 0.253 e. The number of amides is 2. The summed E-state index contributed by atoms with van der Waals surface area (Å²) in [6.07, 6.45) is 3.45. The molecule has 2 atom stereocenters. The maximum atomic E-state index is 13.0. The molecule has 2 heterocycles. The van der Waals surface area contributed by atoms with Crippen LogP contribution in [0.5, 0.6) is 0 Å². The fourth-order valence-corrected chi connectivity index (χ4v) is 3.86. The summed E-state index contributed by atoms with van der Waals surface area (Å²) in [6.45, 7) is 1.37. The van der Waals surface area contributed by atoms with Gasteiger partial charge < -0.3 is 10.2 Å². The zero-order valence-corrected chi connectivity index (χ0v) is 16.1. The van der Waals surface area contributed by atoms with E-state index in [0.29, 0.717) is 25.2 Å². The molecule has 1 fully saturated rings. The molecular weight excluding hydrogens is 362 g/mol. The van der Waals surface area contributed by atoms with Gasteiger partial charge in [-0.3, -0.25) is 14.6 Å². The Labute approximate surface area is 170 Å². The number of hydrogen-bond donors (Lipinski definition) is 1. The first-order valence-electron chi connectivity index (χ1n) is 9.78. The van der Waals surface area contributed by atoms with E-state index in [1.54, 1.807) is 17.3 Å². The minimum absolute atomic E-state index is 0.0299. The highest BCUT2D eigenvalue weighted by Gasteiger charge is 2.40. The van der Waals surface area contributed by atoms with Gasteiger partial charge in [0.15, 0.2) is 0 Å². The van der Waals surface area contributed by atoms with E-state index in [0.717, 1.165) is 11.1 Å².